The number of hydrogen-bond acceptors (Lipinski definition) is 0. The Kier molecular flexibility index (Phi) is 10.0. The van der Waals surface area contributed by atoms with Crippen LogP contribution >= 0.6 is 0 Å². The normalized spacial score (nSPS) is 15.8. The summed E-state index contributed by atoms with van der Waals surface area (Å²) >= 11 is 0. The van der Waals surface area contributed by atoms with Gasteiger partial charge < -0.3 is 4.57 Å². The Bertz CT molecular complexity index is 5610. The average Bonchev–Trinajstić information content (AvgIpc) is 1.54. The van der Waals surface area contributed by atoms with Gasteiger partial charge in [-0.2, -0.15) is 0 Å². The summed E-state index contributed by atoms with van der Waals surface area (Å²) < 4.78 is 2.54. The van der Waals surface area contributed by atoms with E-state index in [0.717, 1.165) is 18.5 Å². The molecule has 0 radical (unpaired) electrons. The van der Waals surface area contributed by atoms with E-state index < -0.39 is 10.8 Å². The Morgan fingerprint density at radius 1 is 0.258 bits per heavy atom. The maximum Gasteiger partial charge on any atom is 0.0725 e. The van der Waals surface area contributed by atoms with Crippen LogP contribution in [-0.2, 0) is 10.8 Å². The third kappa shape index (κ3) is 6.43. The van der Waals surface area contributed by atoms with E-state index in [0.29, 0.717) is 0 Å². The van der Waals surface area contributed by atoms with Gasteiger partial charge in [0.1, 0.15) is 0 Å². The summed E-state index contributed by atoms with van der Waals surface area (Å²) in [5.41, 5.74) is 34.2. The lowest BCUT2D eigenvalue weighted by Gasteiger charge is -2.32. The molecular weight excluding hydrogens is 1070 g/mol. The number of hydrogen-bond donors (Lipinski definition) is 0. The van der Waals surface area contributed by atoms with Crippen LogP contribution in [0.15, 0.2) is 315 Å². The van der Waals surface area contributed by atoms with Crippen LogP contribution in [-0.4, -0.2) is 4.57 Å². The second kappa shape index (κ2) is 18.2. The molecule has 0 bridgehead atoms. The average molecular weight is 1130 g/mol. The Morgan fingerprint density at radius 3 is 1.18 bits per heavy atom. The first-order valence-electron chi connectivity index (χ1n) is 31.5. The molecule has 2 spiro atoms. The maximum atomic E-state index is 2.55. The number of fused-ring (bicyclic) bond motifs is 24. The van der Waals surface area contributed by atoms with Gasteiger partial charge in [0.05, 0.1) is 21.9 Å². The topological polar surface area (TPSA) is 4.93 Å². The minimum atomic E-state index is -0.438. The van der Waals surface area contributed by atoms with Crippen molar-refractivity contribution in [3.05, 3.63) is 359 Å². The summed E-state index contributed by atoms with van der Waals surface area (Å²) in [7, 11) is 0. The van der Waals surface area contributed by atoms with E-state index in [9.17, 15) is 0 Å². The summed E-state index contributed by atoms with van der Waals surface area (Å²) in [4.78, 5) is 0. The second-order valence-corrected chi connectivity index (χ2v) is 25.1. The lowest BCUT2D eigenvalue weighted by Crippen LogP contribution is -2.27. The minimum Gasteiger partial charge on any atom is -0.309 e. The van der Waals surface area contributed by atoms with Crippen LogP contribution in [0.4, 0.5) is 0 Å². The van der Waals surface area contributed by atoms with Gasteiger partial charge in [-0.05, 0) is 216 Å². The molecule has 15 aromatic rings. The van der Waals surface area contributed by atoms with Crippen molar-refractivity contribution in [1.29, 1.82) is 0 Å². The van der Waals surface area contributed by atoms with E-state index in [1.807, 2.05) is 0 Å². The minimum absolute atomic E-state index is 0.390. The molecule has 0 saturated carbocycles. The fourth-order valence-corrected chi connectivity index (χ4v) is 17.6. The van der Waals surface area contributed by atoms with Gasteiger partial charge in [0.25, 0.3) is 0 Å². The molecule has 5 aliphatic rings. The Labute approximate surface area is 517 Å². The summed E-state index contributed by atoms with van der Waals surface area (Å²) in [5, 5.41) is 7.40. The molecule has 1 heterocycles. The van der Waals surface area contributed by atoms with Gasteiger partial charge in [0.15, 0.2) is 0 Å². The van der Waals surface area contributed by atoms with Crippen LogP contribution in [0, 0.1) is 0 Å². The van der Waals surface area contributed by atoms with Crippen molar-refractivity contribution in [3.63, 3.8) is 0 Å². The predicted molar refractivity (Wildman–Crippen MR) is 371 cm³/mol. The van der Waals surface area contributed by atoms with Crippen molar-refractivity contribution >= 4 is 48.9 Å². The zero-order valence-electron chi connectivity index (χ0n) is 48.8. The van der Waals surface area contributed by atoms with Crippen LogP contribution < -0.4 is 0 Å². The van der Waals surface area contributed by atoms with Crippen molar-refractivity contribution in [2.45, 2.75) is 23.7 Å². The monoisotopic (exact) mass is 1130 g/mol. The van der Waals surface area contributed by atoms with Crippen molar-refractivity contribution in [3.8, 4) is 83.6 Å². The van der Waals surface area contributed by atoms with Crippen molar-refractivity contribution in [1.82, 2.24) is 4.57 Å². The molecule has 412 valence electrons. The highest BCUT2D eigenvalue weighted by Crippen LogP contribution is 2.65. The summed E-state index contributed by atoms with van der Waals surface area (Å²) in [6.45, 7) is 0. The van der Waals surface area contributed by atoms with E-state index in [2.05, 4.69) is 314 Å². The van der Waals surface area contributed by atoms with E-state index in [1.165, 1.54) is 177 Å². The molecule has 0 amide bonds. The molecule has 5 aliphatic carbocycles. The largest absolute Gasteiger partial charge is 0.309 e. The van der Waals surface area contributed by atoms with Crippen LogP contribution in [0.3, 0.4) is 0 Å². The van der Waals surface area contributed by atoms with Gasteiger partial charge >= 0.3 is 0 Å². The van der Waals surface area contributed by atoms with E-state index in [-0.39, 0.29) is 0 Å². The highest BCUT2D eigenvalue weighted by atomic mass is 15.0. The molecule has 1 nitrogen and oxygen atoms in total. The SMILES string of the molecule is C1=CC2=C(CC1)c1ccccc1C21c2ccccc2-c2ccc(-c3ccc4c(c3)c3cc(-c5ccc6c(c5)C5(c7ccccc7-c7ccccc75)c5ccccc5-6)ccc3n4-c3ccc4c(-c5ccccc5)c5ccccc5c(-c5ccccc5)c4c3)cc21. The number of allylic oxidation sites excluding steroid dienone is 4. The fraction of sp³-hybridized carbons (Fsp3) is 0.0455. The molecule has 1 atom stereocenters. The molecule has 89 heavy (non-hydrogen) atoms. The van der Waals surface area contributed by atoms with Gasteiger partial charge in [-0.15, -0.1) is 0 Å². The number of nitrogens with zero attached hydrogens (tertiary/aromatic N) is 1. The molecule has 20 rings (SSSR count). The molecule has 0 fully saturated rings. The highest BCUT2D eigenvalue weighted by molar-refractivity contribution is 6.22. The zero-order chi connectivity index (χ0) is 58.1. The molecule has 1 aromatic heterocycles. The van der Waals surface area contributed by atoms with Crippen LogP contribution in [0.2, 0.25) is 0 Å². The van der Waals surface area contributed by atoms with Crippen molar-refractivity contribution < 1.29 is 0 Å². The zero-order valence-corrected chi connectivity index (χ0v) is 48.8. The highest BCUT2D eigenvalue weighted by Gasteiger charge is 2.53. The lowest BCUT2D eigenvalue weighted by molar-refractivity contribution is 0.781. The number of aromatic nitrogens is 1. The predicted octanol–water partition coefficient (Wildman–Crippen LogP) is 22.5. The third-order valence-electron chi connectivity index (χ3n) is 21.1. The Balaban J connectivity index is 0.831. The smallest absolute Gasteiger partial charge is 0.0725 e. The molecule has 1 unspecified atom stereocenters. The standard InChI is InChI=1S/C88H55N/c1-3-21-54(22-4-1)85-69-31-7-8-32-70(69)86(55-23-5-2-6-24-55)74-53-60(43-46-71(74)85)89-83-47-41-56(58-39-44-67-65-29-13-19-37-79(65)87(81(67)51-58)75-33-15-9-25-61(75)62-26-10-16-34-76(62)87)49-72(83)73-50-57(42-48-84(73)89)59-40-45-68-66-30-14-20-38-80(66)88(82(68)52-59)77-35-17-11-27-63(77)64-28-12-18-36-78(64)88/h1-11,13-27,29-53H,12,28H2. The van der Waals surface area contributed by atoms with Gasteiger partial charge in [-0.3, -0.25) is 0 Å². The first-order valence-corrected chi connectivity index (χ1v) is 31.5. The Morgan fingerprint density at radius 2 is 0.652 bits per heavy atom. The van der Waals surface area contributed by atoms with E-state index in [1.54, 1.807) is 0 Å². The van der Waals surface area contributed by atoms with Crippen LogP contribution in [0.1, 0.15) is 57.3 Å². The van der Waals surface area contributed by atoms with Crippen LogP contribution in [0.25, 0.3) is 132 Å². The molecule has 0 aliphatic heterocycles. The lowest BCUT2D eigenvalue weighted by atomic mass is 9.69. The molecular formula is C88H55N. The molecule has 0 saturated heterocycles. The van der Waals surface area contributed by atoms with E-state index in [4.69, 9.17) is 0 Å². The van der Waals surface area contributed by atoms with E-state index >= 15 is 0 Å². The third-order valence-corrected chi connectivity index (χ3v) is 21.1. The fourth-order valence-electron chi connectivity index (χ4n) is 17.6. The summed E-state index contributed by atoms with van der Waals surface area (Å²) in [6.07, 6.45) is 6.99. The number of rotatable bonds is 5. The Hall–Kier alpha value is -11.1. The quantitative estimate of drug-likeness (QED) is 0.151. The van der Waals surface area contributed by atoms with Gasteiger partial charge in [-0.25, -0.2) is 0 Å². The van der Waals surface area contributed by atoms with Gasteiger partial charge in [0.2, 0.25) is 0 Å². The van der Waals surface area contributed by atoms with Gasteiger partial charge in [0, 0.05) is 16.5 Å². The molecule has 14 aromatic carbocycles. The molecule has 1 heteroatoms. The first-order chi connectivity index (χ1) is 44.2. The first kappa shape index (κ1) is 49.0. The van der Waals surface area contributed by atoms with Crippen molar-refractivity contribution in [2.24, 2.45) is 0 Å². The summed E-state index contributed by atoms with van der Waals surface area (Å²) in [5.74, 6) is 0. The van der Waals surface area contributed by atoms with Gasteiger partial charge in [-0.1, -0.05) is 261 Å². The molecule has 0 N–H and O–H groups in total. The number of benzene rings is 14. The van der Waals surface area contributed by atoms with Crippen molar-refractivity contribution in [2.75, 3.05) is 0 Å². The maximum absolute atomic E-state index is 2.55. The second-order valence-electron chi connectivity index (χ2n) is 25.1. The summed E-state index contributed by atoms with van der Waals surface area (Å²) in [6, 6.07) is 113. The van der Waals surface area contributed by atoms with Crippen LogP contribution in [0.5, 0.6) is 0 Å².